The maximum Gasteiger partial charge on any atom is 0.426 e. The molecule has 3 aliphatic rings. The fourth-order valence-electron chi connectivity index (χ4n) is 5.74. The van der Waals surface area contributed by atoms with Crippen LogP contribution in [0.25, 0.3) is 11.6 Å². The first-order valence-electron chi connectivity index (χ1n) is 16.2. The maximum absolute atomic E-state index is 15.1. The van der Waals surface area contributed by atoms with Crippen molar-refractivity contribution in [3.63, 3.8) is 0 Å². The summed E-state index contributed by atoms with van der Waals surface area (Å²) in [6.07, 6.45) is -1.61. The number of nitrogens with zero attached hydrogens (tertiary/aromatic N) is 3. The van der Waals surface area contributed by atoms with Crippen LogP contribution in [0.2, 0.25) is 0 Å². The van der Waals surface area contributed by atoms with Gasteiger partial charge < -0.3 is 13.9 Å². The third kappa shape index (κ3) is 8.25. The van der Waals surface area contributed by atoms with E-state index < -0.39 is 88.3 Å². The maximum atomic E-state index is 15.1. The average Bonchev–Trinajstić information content (AvgIpc) is 3.48. The van der Waals surface area contributed by atoms with Gasteiger partial charge in [0.05, 0.1) is 17.9 Å². The Hall–Kier alpha value is -4.01. The molecule has 0 saturated heterocycles. The zero-order chi connectivity index (χ0) is 36.3. The smallest absolute Gasteiger partial charge is 0.426 e. The highest BCUT2D eigenvalue weighted by atomic mass is 19.4. The number of carbonyl (C=O) groups excluding carboxylic acids is 2. The Morgan fingerprint density at radius 2 is 1.67 bits per heavy atom. The fraction of sp³-hybridized carbons (Fsp3) is 0.559. The average molecular weight is 699 g/mol. The van der Waals surface area contributed by atoms with Crippen LogP contribution in [0.1, 0.15) is 108 Å². The molecule has 1 N–H and O–H groups in total. The van der Waals surface area contributed by atoms with E-state index in [0.717, 1.165) is 6.42 Å². The summed E-state index contributed by atoms with van der Waals surface area (Å²) in [4.78, 5) is 30.6. The first-order chi connectivity index (χ1) is 22.9. The number of amides is 1. The van der Waals surface area contributed by atoms with E-state index in [4.69, 9.17) is 13.9 Å². The summed E-state index contributed by atoms with van der Waals surface area (Å²) in [7, 11) is 0. The first kappa shape index (κ1) is 37.8. The Morgan fingerprint density at radius 3 is 2.24 bits per heavy atom. The molecule has 268 valence electrons. The van der Waals surface area contributed by atoms with Gasteiger partial charge in [-0.15, -0.1) is 10.2 Å². The first-order valence-corrected chi connectivity index (χ1v) is 16.2. The van der Waals surface area contributed by atoms with E-state index in [1.807, 2.05) is 19.9 Å². The standard InChI is InChI=1S/C32H34F6N4O5.C2H6/c1-28(2,3)47-27(44)39-21-17-20(31(33,34)35)22-24(43)29(14-10-15-29)13-8-5-9-16-30(32(36,37)38,45-18-19-11-6-4-7-12-19)26-42-41-25(46-26)23(21)40-22;1-2/h5-6,9,11-12,17H,4,7-8,10,13-16,18H2,1-3H3,(H,39,44);1-2H3/b9-5+;. The molecule has 9 nitrogen and oxygen atoms in total. The number of pyridine rings is 1. The van der Waals surface area contributed by atoms with Crippen molar-refractivity contribution in [2.45, 2.75) is 110 Å². The number of allylic oxidation sites excluding steroid dienone is 3. The second-order valence-electron chi connectivity index (χ2n) is 12.9. The zero-order valence-corrected chi connectivity index (χ0v) is 28.0. The van der Waals surface area contributed by atoms with E-state index in [1.165, 1.54) is 32.9 Å². The van der Waals surface area contributed by atoms with Crippen LogP contribution in [-0.4, -0.2) is 45.4 Å². The summed E-state index contributed by atoms with van der Waals surface area (Å²) in [6, 6.07) is 0.483. The minimum atomic E-state index is -5.10. The van der Waals surface area contributed by atoms with E-state index in [2.05, 4.69) is 20.5 Å². The van der Waals surface area contributed by atoms with Crippen LogP contribution < -0.4 is 5.32 Å². The Balaban J connectivity index is 0.00000265. The molecule has 1 unspecified atom stereocenters. The van der Waals surface area contributed by atoms with Gasteiger partial charge in [-0.1, -0.05) is 50.6 Å². The third-order valence-electron chi connectivity index (χ3n) is 8.32. The van der Waals surface area contributed by atoms with Crippen molar-refractivity contribution in [2.24, 2.45) is 5.41 Å². The number of aromatic nitrogens is 3. The second kappa shape index (κ2) is 14.5. The van der Waals surface area contributed by atoms with Crippen molar-refractivity contribution in [3.05, 3.63) is 59.2 Å². The van der Waals surface area contributed by atoms with Crippen molar-refractivity contribution < 1.29 is 49.8 Å². The minimum absolute atomic E-state index is 0.0878. The molecule has 2 aromatic heterocycles. The Bertz CT molecular complexity index is 1620. The van der Waals surface area contributed by atoms with Crippen molar-refractivity contribution in [1.82, 2.24) is 15.2 Å². The number of ether oxygens (including phenoxy) is 2. The van der Waals surface area contributed by atoms with E-state index in [1.54, 1.807) is 12.2 Å². The van der Waals surface area contributed by atoms with Crippen LogP contribution in [0, 0.1) is 5.41 Å². The molecule has 49 heavy (non-hydrogen) atoms. The molecule has 0 radical (unpaired) electrons. The van der Waals surface area contributed by atoms with Crippen molar-refractivity contribution >= 4 is 17.6 Å². The fourth-order valence-corrected chi connectivity index (χ4v) is 5.74. The molecule has 15 heteroatoms. The monoisotopic (exact) mass is 698 g/mol. The lowest BCUT2D eigenvalue weighted by atomic mass is 9.62. The van der Waals surface area contributed by atoms with Crippen LogP contribution in [-0.2, 0) is 21.3 Å². The van der Waals surface area contributed by atoms with Crippen molar-refractivity contribution in [2.75, 3.05) is 11.9 Å². The van der Waals surface area contributed by atoms with E-state index in [9.17, 15) is 22.8 Å². The summed E-state index contributed by atoms with van der Waals surface area (Å²) in [5, 5.41) is 9.53. The van der Waals surface area contributed by atoms with Crippen LogP contribution in [0.5, 0.6) is 0 Å². The van der Waals surface area contributed by atoms with Gasteiger partial charge in [0.2, 0.25) is 5.60 Å². The number of anilines is 1. The molecule has 2 aliphatic carbocycles. The summed E-state index contributed by atoms with van der Waals surface area (Å²) in [5.74, 6) is -2.67. The number of hydrogen-bond acceptors (Lipinski definition) is 8. The lowest BCUT2D eigenvalue weighted by Gasteiger charge is -2.40. The second-order valence-corrected chi connectivity index (χ2v) is 12.9. The molecule has 1 spiro atoms. The normalized spacial score (nSPS) is 21.4. The van der Waals surface area contributed by atoms with Gasteiger partial charge in [0.1, 0.15) is 11.3 Å². The number of halogens is 6. The predicted octanol–water partition coefficient (Wildman–Crippen LogP) is 9.67. The molecule has 1 aliphatic heterocycles. The summed E-state index contributed by atoms with van der Waals surface area (Å²) < 4.78 is 105. The quantitative estimate of drug-likeness (QED) is 0.248. The van der Waals surface area contributed by atoms with Crippen LogP contribution >= 0.6 is 0 Å². The number of hydrogen-bond donors (Lipinski definition) is 1. The number of rotatable bonds is 4. The molecule has 5 rings (SSSR count). The summed E-state index contributed by atoms with van der Waals surface area (Å²) in [6.45, 7) is 8.11. The van der Waals surface area contributed by atoms with Gasteiger partial charge in [0.25, 0.3) is 11.8 Å². The van der Waals surface area contributed by atoms with Gasteiger partial charge in [-0.3, -0.25) is 10.1 Å². The topological polar surface area (TPSA) is 116 Å². The van der Waals surface area contributed by atoms with Gasteiger partial charge in [-0.25, -0.2) is 9.78 Å². The Kier molecular flexibility index (Phi) is 11.2. The molecular weight excluding hydrogens is 658 g/mol. The number of carbonyl (C=O) groups is 2. The zero-order valence-electron chi connectivity index (χ0n) is 28.0. The minimum Gasteiger partial charge on any atom is -0.444 e. The number of Topliss-reactive ketones (excluding diaryl/α,β-unsaturated/α-hetero) is 1. The van der Waals surface area contributed by atoms with Gasteiger partial charge in [0.15, 0.2) is 11.5 Å². The van der Waals surface area contributed by atoms with Crippen LogP contribution in [0.15, 0.2) is 46.4 Å². The molecular formula is C34H40F6N4O5. The lowest BCUT2D eigenvalue weighted by Crippen LogP contribution is -2.45. The van der Waals surface area contributed by atoms with Crippen LogP contribution in [0.4, 0.5) is 36.8 Å². The van der Waals surface area contributed by atoms with Gasteiger partial charge >= 0.3 is 18.4 Å². The molecule has 2 aromatic rings. The SMILES string of the molecule is CC.CC(C)(C)OC(=O)Nc1cc(C(F)(F)F)c2nc1-c1nnc(o1)C(OCC1=CCCC=C1)(C(F)(F)F)C/C=C/CCC1(CCC1)C2=O. The Labute approximate surface area is 280 Å². The van der Waals surface area contributed by atoms with E-state index >= 15 is 13.2 Å². The van der Waals surface area contributed by atoms with Gasteiger partial charge in [0, 0.05) is 11.8 Å². The highest BCUT2D eigenvalue weighted by Crippen LogP contribution is 2.50. The molecule has 0 aromatic carbocycles. The molecule has 1 fully saturated rings. The highest BCUT2D eigenvalue weighted by Gasteiger charge is 2.61. The molecule has 3 heterocycles. The van der Waals surface area contributed by atoms with Crippen LogP contribution in [0.3, 0.4) is 0 Å². The van der Waals surface area contributed by atoms with Gasteiger partial charge in [-0.05, 0) is 70.9 Å². The summed E-state index contributed by atoms with van der Waals surface area (Å²) in [5.41, 5.74) is -8.62. The number of ketones is 1. The molecule has 4 bridgehead atoms. The lowest BCUT2D eigenvalue weighted by molar-refractivity contribution is -0.289. The molecule has 1 amide bonds. The number of alkyl halides is 6. The predicted molar refractivity (Wildman–Crippen MR) is 167 cm³/mol. The number of fused-ring (bicyclic) bond motifs is 5. The molecule has 1 atom stereocenters. The van der Waals surface area contributed by atoms with E-state index in [-0.39, 0.29) is 25.7 Å². The summed E-state index contributed by atoms with van der Waals surface area (Å²) >= 11 is 0. The van der Waals surface area contributed by atoms with Crippen molar-refractivity contribution in [3.8, 4) is 11.6 Å². The molecule has 1 saturated carbocycles. The van der Waals surface area contributed by atoms with Gasteiger partial charge in [-0.2, -0.15) is 26.3 Å². The highest BCUT2D eigenvalue weighted by molar-refractivity contribution is 6.02. The van der Waals surface area contributed by atoms with Crippen molar-refractivity contribution in [1.29, 1.82) is 0 Å². The third-order valence-corrected chi connectivity index (χ3v) is 8.32. The number of nitrogens with one attached hydrogen (secondary N) is 1. The Morgan fingerprint density at radius 1 is 0.959 bits per heavy atom. The largest absolute Gasteiger partial charge is 0.444 e. The van der Waals surface area contributed by atoms with E-state index in [0.29, 0.717) is 24.5 Å².